The van der Waals surface area contributed by atoms with Gasteiger partial charge in [0.2, 0.25) is 0 Å². The van der Waals surface area contributed by atoms with Gasteiger partial charge in [-0.3, -0.25) is 0 Å². The topological polar surface area (TPSA) is 110 Å². The van der Waals surface area contributed by atoms with Crippen molar-refractivity contribution in [2.45, 2.75) is 51.2 Å². The molecule has 2 unspecified atom stereocenters. The summed E-state index contributed by atoms with van der Waals surface area (Å²) < 4.78 is 12.3. The van der Waals surface area contributed by atoms with E-state index >= 15 is 0 Å². The first-order chi connectivity index (χ1) is 12.3. The minimum atomic E-state index is -3.59. The van der Waals surface area contributed by atoms with Crippen molar-refractivity contribution in [3.05, 3.63) is 35.4 Å². The first kappa shape index (κ1) is 24.4. The molecule has 0 radical (unpaired) electrons. The first-order valence-electron chi connectivity index (χ1n) is 9.30. The summed E-state index contributed by atoms with van der Waals surface area (Å²) in [7, 11) is -3.59. The second-order valence-corrected chi connectivity index (χ2v) is 9.76. The SMILES string of the molecule is CC(NC[C@H](O)CP(=O)([O-])CC1CCCCC1)c1cccc(C(=O)O)c1.[Li+]. The average Bonchev–Trinajstić information content (AvgIpc) is 2.59. The standard InChI is InChI=1S/C19H30NO5P.Li/c1-14(16-8-5-9-17(10-16)19(22)23)20-11-18(21)13-26(24,25)12-15-6-3-2-4-7-15;/h5,8-10,14-15,18,20-21H,2-4,6-7,11-13H2,1H3,(H,22,23)(H,24,25);/q;+1/p-1/t14?,18-;/m0./s1. The number of aliphatic hydroxyl groups excluding tert-OH is 1. The van der Waals surface area contributed by atoms with Crippen molar-refractivity contribution in [1.29, 1.82) is 0 Å². The molecular formula is C19H29LiNO5P. The van der Waals surface area contributed by atoms with Gasteiger partial charge in [-0.05, 0) is 36.7 Å². The smallest absolute Gasteiger partial charge is 0.799 e. The van der Waals surface area contributed by atoms with Crippen LogP contribution in [0.15, 0.2) is 24.3 Å². The van der Waals surface area contributed by atoms with Crippen LogP contribution < -0.4 is 29.1 Å². The van der Waals surface area contributed by atoms with Gasteiger partial charge in [-0.15, -0.1) is 0 Å². The van der Waals surface area contributed by atoms with Gasteiger partial charge in [0.15, 0.2) is 0 Å². The summed E-state index contributed by atoms with van der Waals surface area (Å²) in [6.07, 6.45) is 4.34. The van der Waals surface area contributed by atoms with Crippen molar-refractivity contribution >= 4 is 13.3 Å². The Morgan fingerprint density at radius 1 is 1.33 bits per heavy atom. The second kappa shape index (κ2) is 11.4. The Morgan fingerprint density at radius 3 is 2.63 bits per heavy atom. The third-order valence-corrected chi connectivity index (χ3v) is 7.09. The van der Waals surface area contributed by atoms with Gasteiger partial charge < -0.3 is 25.0 Å². The van der Waals surface area contributed by atoms with Gasteiger partial charge >= 0.3 is 24.8 Å². The quantitative estimate of drug-likeness (QED) is 0.392. The number of carboxylic acid groups (broad SMARTS) is 1. The number of aromatic carboxylic acids is 1. The number of hydrogen-bond acceptors (Lipinski definition) is 5. The number of benzene rings is 1. The van der Waals surface area contributed by atoms with E-state index in [4.69, 9.17) is 5.11 Å². The summed E-state index contributed by atoms with van der Waals surface area (Å²) in [6.45, 7) is 2.00. The molecule has 0 bridgehead atoms. The summed E-state index contributed by atoms with van der Waals surface area (Å²) in [5, 5.41) is 22.3. The van der Waals surface area contributed by atoms with E-state index in [0.29, 0.717) is 0 Å². The van der Waals surface area contributed by atoms with Crippen LogP contribution in [0, 0.1) is 5.92 Å². The summed E-state index contributed by atoms with van der Waals surface area (Å²) >= 11 is 0. The third kappa shape index (κ3) is 8.52. The molecule has 27 heavy (non-hydrogen) atoms. The van der Waals surface area contributed by atoms with Crippen LogP contribution in [0.3, 0.4) is 0 Å². The Hall–Kier alpha value is -0.603. The zero-order chi connectivity index (χ0) is 19.2. The molecule has 0 saturated heterocycles. The van der Waals surface area contributed by atoms with Gasteiger partial charge in [-0.1, -0.05) is 44.2 Å². The molecule has 1 aromatic carbocycles. The molecule has 1 aliphatic rings. The van der Waals surface area contributed by atoms with E-state index in [2.05, 4.69) is 5.32 Å². The number of hydrogen-bond donors (Lipinski definition) is 3. The molecule has 2 rings (SSSR count). The molecule has 8 heteroatoms. The van der Waals surface area contributed by atoms with Gasteiger partial charge in [-0.25, -0.2) is 4.79 Å². The van der Waals surface area contributed by atoms with Crippen LogP contribution in [0.2, 0.25) is 0 Å². The van der Waals surface area contributed by atoms with E-state index in [1.165, 1.54) is 12.5 Å². The van der Waals surface area contributed by atoms with Gasteiger partial charge in [-0.2, -0.15) is 0 Å². The fraction of sp³-hybridized carbons (Fsp3) is 0.632. The number of carbonyl (C=O) groups is 1. The van der Waals surface area contributed by atoms with Crippen molar-refractivity contribution in [1.82, 2.24) is 5.32 Å². The largest absolute Gasteiger partial charge is 1.00 e. The van der Waals surface area contributed by atoms with E-state index in [1.807, 2.05) is 6.92 Å². The van der Waals surface area contributed by atoms with Gasteiger partial charge in [0.05, 0.1) is 11.7 Å². The number of carboxylic acids is 1. The molecule has 0 amide bonds. The molecule has 1 fully saturated rings. The molecule has 6 nitrogen and oxygen atoms in total. The molecule has 3 N–H and O–H groups in total. The van der Waals surface area contributed by atoms with Crippen molar-refractivity contribution in [2.75, 3.05) is 18.9 Å². The molecular weight excluding hydrogens is 360 g/mol. The molecule has 146 valence electrons. The summed E-state index contributed by atoms with van der Waals surface area (Å²) in [4.78, 5) is 23.4. The summed E-state index contributed by atoms with van der Waals surface area (Å²) in [6, 6.07) is 6.38. The maximum absolute atomic E-state index is 12.3. The average molecular weight is 389 g/mol. The van der Waals surface area contributed by atoms with Crippen LogP contribution in [-0.2, 0) is 4.57 Å². The number of rotatable bonds is 9. The van der Waals surface area contributed by atoms with Crippen molar-refractivity contribution in [3.63, 3.8) is 0 Å². The normalized spacial score (nSPS) is 19.5. The monoisotopic (exact) mass is 389 g/mol. The van der Waals surface area contributed by atoms with Crippen LogP contribution in [0.5, 0.6) is 0 Å². The predicted molar refractivity (Wildman–Crippen MR) is 99.7 cm³/mol. The Bertz CT molecular complexity index is 651. The van der Waals surface area contributed by atoms with Crippen LogP contribution >= 0.6 is 7.37 Å². The molecule has 0 spiro atoms. The number of nitrogens with one attached hydrogen (secondary N) is 1. The molecule has 0 heterocycles. The van der Waals surface area contributed by atoms with Crippen LogP contribution in [0.25, 0.3) is 0 Å². The van der Waals surface area contributed by atoms with Crippen molar-refractivity contribution < 1.29 is 43.3 Å². The van der Waals surface area contributed by atoms with Gasteiger partial charge in [0.25, 0.3) is 0 Å². The second-order valence-electron chi connectivity index (χ2n) is 7.40. The van der Waals surface area contributed by atoms with E-state index in [0.717, 1.165) is 31.2 Å². The Morgan fingerprint density at radius 2 is 2.00 bits per heavy atom. The zero-order valence-electron chi connectivity index (χ0n) is 16.3. The maximum Gasteiger partial charge on any atom is 1.00 e. The molecule has 3 atom stereocenters. The van der Waals surface area contributed by atoms with Crippen LogP contribution in [0.1, 0.15) is 61.0 Å². The van der Waals surface area contributed by atoms with Crippen LogP contribution in [0.4, 0.5) is 0 Å². The van der Waals surface area contributed by atoms with Crippen LogP contribution in [-0.4, -0.2) is 41.2 Å². The van der Waals surface area contributed by atoms with E-state index in [9.17, 15) is 19.4 Å². The molecule has 1 aliphatic carbocycles. The minimum absolute atomic E-state index is 0. The minimum Gasteiger partial charge on any atom is -0.799 e. The van der Waals surface area contributed by atoms with Crippen molar-refractivity contribution in [2.24, 2.45) is 5.92 Å². The van der Waals surface area contributed by atoms with E-state index in [1.54, 1.807) is 18.2 Å². The molecule has 0 aromatic heterocycles. The fourth-order valence-corrected chi connectivity index (χ4v) is 5.67. The Kier molecular flexibility index (Phi) is 10.3. The zero-order valence-corrected chi connectivity index (χ0v) is 17.2. The molecule has 1 aromatic rings. The summed E-state index contributed by atoms with van der Waals surface area (Å²) in [5.74, 6) is -0.751. The van der Waals surface area contributed by atoms with E-state index < -0.39 is 19.4 Å². The molecule has 1 saturated carbocycles. The number of aliphatic hydroxyl groups is 1. The Balaban J connectivity index is 0.00000364. The maximum atomic E-state index is 12.3. The van der Waals surface area contributed by atoms with Gasteiger partial charge in [0, 0.05) is 26.1 Å². The van der Waals surface area contributed by atoms with E-state index in [-0.39, 0.29) is 55.3 Å². The Labute approximate surface area is 173 Å². The van der Waals surface area contributed by atoms with Gasteiger partial charge in [0.1, 0.15) is 0 Å². The van der Waals surface area contributed by atoms with Crippen molar-refractivity contribution in [3.8, 4) is 0 Å². The molecule has 0 aliphatic heterocycles. The predicted octanol–water partition coefficient (Wildman–Crippen LogP) is -0.381. The third-order valence-electron chi connectivity index (χ3n) is 5.04. The fourth-order valence-electron chi connectivity index (χ4n) is 3.59. The summed E-state index contributed by atoms with van der Waals surface area (Å²) in [5.41, 5.74) is 0.984. The first-order valence-corrected chi connectivity index (χ1v) is 11.3.